The molecule has 3 aromatic rings. The number of amides is 2. The number of thiazole rings is 1. The quantitative estimate of drug-likeness (QED) is 0.338. The van der Waals surface area contributed by atoms with Crippen LogP contribution in [0.2, 0.25) is 0 Å². The number of nitrogens with zero attached hydrogens (tertiary/aromatic N) is 2. The zero-order valence-corrected chi connectivity index (χ0v) is 24.8. The fourth-order valence-corrected chi connectivity index (χ4v) is 8.24. The number of hydrogen-bond donors (Lipinski definition) is 2. The summed E-state index contributed by atoms with van der Waals surface area (Å²) in [5, 5.41) is 6.12. The number of allylic oxidation sites excluding steroid dienone is 1. The van der Waals surface area contributed by atoms with Crippen molar-refractivity contribution in [3.63, 3.8) is 0 Å². The molecule has 7 rings (SSSR count). The van der Waals surface area contributed by atoms with Gasteiger partial charge in [-0.15, -0.1) is 8.78 Å². The van der Waals surface area contributed by atoms with Crippen LogP contribution in [0.4, 0.5) is 19.6 Å². The van der Waals surface area contributed by atoms with E-state index < -0.39 is 28.9 Å². The average Bonchev–Trinajstić information content (AvgIpc) is 3.58. The first kappa shape index (κ1) is 28.0. The molecule has 3 fully saturated rings. The number of methoxy groups -OCH3 is 1. The third kappa shape index (κ3) is 5.09. The van der Waals surface area contributed by atoms with E-state index in [-0.39, 0.29) is 38.8 Å². The summed E-state index contributed by atoms with van der Waals surface area (Å²) in [5.41, 5.74) is 1.07. The van der Waals surface area contributed by atoms with Gasteiger partial charge in [0.1, 0.15) is 11.3 Å². The van der Waals surface area contributed by atoms with E-state index in [1.165, 1.54) is 18.4 Å². The first-order valence-corrected chi connectivity index (χ1v) is 16.0. The lowest BCUT2D eigenvalue weighted by molar-refractivity contribution is -0.286. The van der Waals surface area contributed by atoms with E-state index in [0.717, 1.165) is 43.6 Å². The zero-order chi connectivity index (χ0) is 30.1. The normalized spacial score (nSPS) is 20.8. The van der Waals surface area contributed by atoms with Crippen LogP contribution in [0.5, 0.6) is 17.2 Å². The third-order valence-corrected chi connectivity index (χ3v) is 11.4. The van der Waals surface area contributed by atoms with Crippen molar-refractivity contribution < 1.29 is 36.8 Å². The number of benzene rings is 2. The van der Waals surface area contributed by atoms with E-state index in [9.17, 15) is 22.6 Å². The summed E-state index contributed by atoms with van der Waals surface area (Å²) in [6, 6.07) is 5.62. The predicted molar refractivity (Wildman–Crippen MR) is 158 cm³/mol. The van der Waals surface area contributed by atoms with E-state index in [1.807, 2.05) is 4.90 Å². The fraction of sp³-hybridized carbons (Fsp3) is 0.414. The van der Waals surface area contributed by atoms with E-state index in [4.69, 9.17) is 9.72 Å². The van der Waals surface area contributed by atoms with E-state index in [2.05, 4.69) is 26.7 Å². The second-order valence-electron chi connectivity index (χ2n) is 11.3. The van der Waals surface area contributed by atoms with Gasteiger partial charge in [-0.1, -0.05) is 30.8 Å². The number of anilines is 2. The largest absolute Gasteiger partial charge is 0.586 e. The van der Waals surface area contributed by atoms with Crippen LogP contribution in [0.25, 0.3) is 10.2 Å². The minimum atomic E-state index is -3.91. The van der Waals surface area contributed by atoms with Gasteiger partial charge in [-0.2, -0.15) is 0 Å². The molecule has 1 unspecified atom stereocenters. The molecule has 0 bridgehead atoms. The fourth-order valence-electron chi connectivity index (χ4n) is 5.59. The highest BCUT2D eigenvalue weighted by atomic mass is 32.2. The van der Waals surface area contributed by atoms with Crippen molar-refractivity contribution in [3.05, 3.63) is 47.7 Å². The molecular weight excluding hydrogens is 602 g/mol. The molecule has 43 heavy (non-hydrogen) atoms. The van der Waals surface area contributed by atoms with Crippen molar-refractivity contribution in [3.8, 4) is 17.2 Å². The molecule has 4 aliphatic rings. The number of carbonyl (C=O) groups excluding carboxylic acids is 2. The molecule has 14 heteroatoms. The van der Waals surface area contributed by atoms with E-state index >= 15 is 0 Å². The maximum absolute atomic E-state index is 13.9. The Morgan fingerprint density at radius 1 is 1.21 bits per heavy atom. The molecule has 1 spiro atoms. The summed E-state index contributed by atoms with van der Waals surface area (Å²) < 4.78 is 55.1. The number of carbonyl (C=O) groups is 2. The molecule has 2 N–H and O–H groups in total. The predicted octanol–water partition coefficient (Wildman–Crippen LogP) is 5.02. The Kier molecular flexibility index (Phi) is 6.61. The minimum Gasteiger partial charge on any atom is -0.496 e. The summed E-state index contributed by atoms with van der Waals surface area (Å²) in [5.74, 6) is -0.301. The van der Waals surface area contributed by atoms with Crippen LogP contribution in [0.15, 0.2) is 36.5 Å². The molecule has 1 saturated carbocycles. The number of halogens is 2. The van der Waals surface area contributed by atoms with Gasteiger partial charge in [0.2, 0.25) is 0 Å². The second-order valence-corrected chi connectivity index (χ2v) is 14.3. The number of ether oxygens (including phenoxy) is 3. The van der Waals surface area contributed by atoms with Gasteiger partial charge in [-0.25, -0.2) is 4.98 Å². The summed E-state index contributed by atoms with van der Waals surface area (Å²) in [7, 11) is 0.601. The summed E-state index contributed by atoms with van der Waals surface area (Å²) in [4.78, 5) is 33.9. The van der Waals surface area contributed by atoms with Crippen LogP contribution >= 0.6 is 11.3 Å². The van der Waals surface area contributed by atoms with E-state index in [1.54, 1.807) is 12.1 Å². The van der Waals surface area contributed by atoms with Gasteiger partial charge < -0.3 is 29.7 Å². The summed E-state index contributed by atoms with van der Waals surface area (Å²) in [6.45, 7) is 5.21. The van der Waals surface area contributed by atoms with Gasteiger partial charge in [0, 0.05) is 41.4 Å². The Labute approximate surface area is 251 Å². The molecule has 10 nitrogen and oxygen atoms in total. The maximum Gasteiger partial charge on any atom is 0.586 e. The lowest BCUT2D eigenvalue weighted by Gasteiger charge is -2.54. The van der Waals surface area contributed by atoms with Crippen molar-refractivity contribution in [2.24, 2.45) is 5.92 Å². The van der Waals surface area contributed by atoms with Gasteiger partial charge in [0.05, 0.1) is 33.3 Å². The van der Waals surface area contributed by atoms with Crippen LogP contribution in [-0.2, 0) is 10.8 Å². The van der Waals surface area contributed by atoms with Gasteiger partial charge in [0.25, 0.3) is 11.8 Å². The van der Waals surface area contributed by atoms with Crippen LogP contribution in [0.1, 0.15) is 52.8 Å². The Morgan fingerprint density at radius 2 is 1.95 bits per heavy atom. The number of fused-ring (bicyclic) bond motifs is 2. The molecular formula is C29H28F2N4O6S2. The standard InChI is InChI=1S/C29H28F2N4O6S2/c1-15(3-4-16-5-6-16)32-25(36)17-11-21-22(41-29(30,31)40-21)12-19(17)33-26(37)23-20(39-2)8-7-18-24(23)42-27(34-18)35-13-28(14-35)9-10-43(28)38/h7-8,11-12,16H,1,3-6,9-10,13-14H2,2H3,(H,32,36)(H,33,37). The highest BCUT2D eigenvalue weighted by Crippen LogP contribution is 2.46. The summed E-state index contributed by atoms with van der Waals surface area (Å²) in [6.07, 6.45) is 0.806. The van der Waals surface area contributed by atoms with Crippen LogP contribution in [0, 0.1) is 5.92 Å². The molecule has 1 atom stereocenters. The maximum atomic E-state index is 13.9. The van der Waals surface area contributed by atoms with Crippen molar-refractivity contribution >= 4 is 55.0 Å². The molecule has 1 aromatic heterocycles. The lowest BCUT2D eigenvalue weighted by atomic mass is 9.95. The van der Waals surface area contributed by atoms with Crippen LogP contribution < -0.4 is 29.7 Å². The lowest BCUT2D eigenvalue weighted by Crippen LogP contribution is -2.69. The highest BCUT2D eigenvalue weighted by molar-refractivity contribution is 7.88. The molecule has 4 heterocycles. The monoisotopic (exact) mass is 630 g/mol. The molecule has 3 aliphatic heterocycles. The van der Waals surface area contributed by atoms with Crippen molar-refractivity contribution in [1.29, 1.82) is 0 Å². The molecule has 1 aliphatic carbocycles. The SMILES string of the molecule is C=C(CCC1CC1)NC(=O)c1cc2c(cc1NC(=O)c1c(OC)ccc3nc(N4CC5(CCS5=O)C4)sc13)OC(F)(F)O2. The molecule has 2 aromatic carbocycles. The molecule has 2 saturated heterocycles. The van der Waals surface area contributed by atoms with E-state index in [0.29, 0.717) is 46.5 Å². The van der Waals surface area contributed by atoms with Crippen molar-refractivity contribution in [2.75, 3.05) is 36.2 Å². The van der Waals surface area contributed by atoms with Gasteiger partial charge in [-0.05, 0) is 43.4 Å². The second kappa shape index (κ2) is 10.2. The number of nitrogens with one attached hydrogen (secondary N) is 2. The Balaban J connectivity index is 1.18. The molecule has 226 valence electrons. The minimum absolute atomic E-state index is 0.0570. The number of aromatic nitrogens is 1. The molecule has 0 radical (unpaired) electrons. The smallest absolute Gasteiger partial charge is 0.496 e. The Morgan fingerprint density at radius 3 is 2.60 bits per heavy atom. The van der Waals surface area contributed by atoms with Crippen LogP contribution in [0.3, 0.4) is 0 Å². The van der Waals surface area contributed by atoms with Gasteiger partial charge >= 0.3 is 6.29 Å². The van der Waals surface area contributed by atoms with Crippen LogP contribution in [-0.4, -0.2) is 58.0 Å². The average molecular weight is 631 g/mol. The summed E-state index contributed by atoms with van der Waals surface area (Å²) >= 11 is 1.30. The van der Waals surface area contributed by atoms with Gasteiger partial charge in [-0.3, -0.25) is 13.8 Å². The van der Waals surface area contributed by atoms with Crippen molar-refractivity contribution in [2.45, 2.75) is 43.1 Å². The Bertz CT molecular complexity index is 1720. The number of hydrogen-bond acceptors (Lipinski definition) is 9. The van der Waals surface area contributed by atoms with Crippen molar-refractivity contribution in [1.82, 2.24) is 10.3 Å². The Hall–Kier alpha value is -3.78. The first-order valence-electron chi connectivity index (χ1n) is 13.9. The molecule has 2 amide bonds. The first-order chi connectivity index (χ1) is 20.5. The zero-order valence-electron chi connectivity index (χ0n) is 23.2. The topological polar surface area (TPSA) is 119 Å². The number of alkyl halides is 2. The highest BCUT2D eigenvalue weighted by Gasteiger charge is 2.54. The van der Waals surface area contributed by atoms with Gasteiger partial charge in [0.15, 0.2) is 16.6 Å². The number of rotatable bonds is 9. The third-order valence-electron chi connectivity index (χ3n) is 8.29.